The molecular weight excluding hydrogens is 418 g/mol. The van der Waals surface area contributed by atoms with Crippen LogP contribution in [0, 0.1) is 11.3 Å². The summed E-state index contributed by atoms with van der Waals surface area (Å²) in [5.74, 6) is 0.508. The molecule has 0 saturated carbocycles. The quantitative estimate of drug-likeness (QED) is 0.380. The summed E-state index contributed by atoms with van der Waals surface area (Å²) in [6.45, 7) is 0.233. The van der Waals surface area contributed by atoms with Gasteiger partial charge in [0.2, 0.25) is 0 Å². The number of ether oxygens (including phenoxy) is 1. The van der Waals surface area contributed by atoms with Crippen LogP contribution in [0.4, 0.5) is 0 Å². The number of aromatic amines is 1. The maximum atomic E-state index is 13.0. The van der Waals surface area contributed by atoms with Crippen molar-refractivity contribution >= 4 is 22.2 Å². The van der Waals surface area contributed by atoms with E-state index in [9.17, 15) is 10.1 Å². The summed E-state index contributed by atoms with van der Waals surface area (Å²) in [4.78, 5) is 21.2. The van der Waals surface area contributed by atoms with E-state index < -0.39 is 0 Å². The number of nitrogens with one attached hydrogen (secondary N) is 1. The molecule has 5 aromatic rings. The Hall–Kier alpha value is -4.21. The van der Waals surface area contributed by atoms with Crippen molar-refractivity contribution < 1.29 is 4.74 Å². The van der Waals surface area contributed by atoms with E-state index in [2.05, 4.69) is 16.0 Å². The predicted octanol–water partition coefficient (Wildman–Crippen LogP) is 5.77. The maximum Gasteiger partial charge on any atom is 0.260 e. The van der Waals surface area contributed by atoms with Crippen LogP contribution < -0.4 is 10.3 Å². The number of hydrogen-bond donors (Lipinski definition) is 1. The summed E-state index contributed by atoms with van der Waals surface area (Å²) in [7, 11) is 0. The summed E-state index contributed by atoms with van der Waals surface area (Å²) in [5, 5.41) is 12.2. The highest BCUT2D eigenvalue weighted by atomic mass is 32.1. The lowest BCUT2D eigenvalue weighted by molar-refractivity contribution is 0.306. The second kappa shape index (κ2) is 8.50. The van der Waals surface area contributed by atoms with Crippen molar-refractivity contribution in [3.63, 3.8) is 0 Å². The van der Waals surface area contributed by atoms with Gasteiger partial charge < -0.3 is 9.72 Å². The summed E-state index contributed by atoms with van der Waals surface area (Å²) < 4.78 is 6.25. The number of benzene rings is 2. The van der Waals surface area contributed by atoms with Gasteiger partial charge in [-0.15, -0.1) is 11.3 Å². The highest BCUT2D eigenvalue weighted by molar-refractivity contribution is 7.13. The molecule has 3 aromatic heterocycles. The van der Waals surface area contributed by atoms with Gasteiger partial charge in [0.1, 0.15) is 12.4 Å². The Bertz CT molecular complexity index is 1500. The van der Waals surface area contributed by atoms with Crippen LogP contribution in [0.2, 0.25) is 0 Å². The van der Waals surface area contributed by atoms with Crippen LogP contribution >= 0.6 is 11.3 Å². The van der Waals surface area contributed by atoms with Gasteiger partial charge in [-0.1, -0.05) is 36.4 Å². The Labute approximate surface area is 188 Å². The zero-order valence-electron chi connectivity index (χ0n) is 16.9. The predicted molar refractivity (Wildman–Crippen MR) is 127 cm³/mol. The number of hydrogen-bond acceptors (Lipinski definition) is 5. The average molecular weight is 436 g/mol. The fourth-order valence-corrected chi connectivity index (χ4v) is 4.45. The van der Waals surface area contributed by atoms with E-state index >= 15 is 0 Å². The largest absolute Gasteiger partial charge is 0.486 e. The minimum Gasteiger partial charge on any atom is -0.486 e. The third-order valence-electron chi connectivity index (χ3n) is 5.18. The van der Waals surface area contributed by atoms with Crippen LogP contribution in [-0.2, 0) is 6.61 Å². The van der Waals surface area contributed by atoms with Crippen molar-refractivity contribution in [2.45, 2.75) is 6.61 Å². The zero-order valence-corrected chi connectivity index (χ0v) is 17.7. The molecular formula is C26H17N3O2S. The molecule has 154 valence electrons. The molecule has 0 amide bonds. The number of fused-ring (bicyclic) bond motifs is 1. The van der Waals surface area contributed by atoms with Crippen molar-refractivity contribution in [1.29, 1.82) is 5.26 Å². The first-order chi connectivity index (χ1) is 15.7. The summed E-state index contributed by atoms with van der Waals surface area (Å²) in [6.07, 6.45) is 1.71. The van der Waals surface area contributed by atoms with E-state index in [1.54, 1.807) is 12.3 Å². The SMILES string of the molecule is N#Cc1ccccc1-c1ccc2[nH]c(=O)c(-c3cccs3)c(OCc3ccccn3)c2c1. The molecule has 0 atom stereocenters. The molecule has 6 heteroatoms. The third-order valence-corrected chi connectivity index (χ3v) is 6.07. The number of H-pyrrole nitrogens is 1. The van der Waals surface area contributed by atoms with Crippen molar-refractivity contribution in [2.24, 2.45) is 0 Å². The number of nitrogens with zero attached hydrogens (tertiary/aromatic N) is 2. The average Bonchev–Trinajstić information content (AvgIpc) is 3.37. The van der Waals surface area contributed by atoms with Gasteiger partial charge in [0.15, 0.2) is 0 Å². The lowest BCUT2D eigenvalue weighted by Crippen LogP contribution is -2.12. The topological polar surface area (TPSA) is 78.8 Å². The van der Waals surface area contributed by atoms with Gasteiger partial charge in [0, 0.05) is 16.5 Å². The van der Waals surface area contributed by atoms with E-state index in [-0.39, 0.29) is 12.2 Å². The van der Waals surface area contributed by atoms with Crippen molar-refractivity contribution in [2.75, 3.05) is 0 Å². The molecule has 0 fully saturated rings. The van der Waals surface area contributed by atoms with Crippen molar-refractivity contribution in [1.82, 2.24) is 9.97 Å². The summed E-state index contributed by atoms with van der Waals surface area (Å²) in [5.41, 5.74) is 4.02. The van der Waals surface area contributed by atoms with Gasteiger partial charge in [-0.2, -0.15) is 5.26 Å². The number of aromatic nitrogens is 2. The molecule has 0 radical (unpaired) electrons. The number of pyridine rings is 2. The van der Waals surface area contributed by atoms with E-state index in [1.165, 1.54) is 11.3 Å². The minimum atomic E-state index is -0.207. The molecule has 0 aliphatic carbocycles. The number of rotatable bonds is 5. The Balaban J connectivity index is 1.72. The van der Waals surface area contributed by atoms with Gasteiger partial charge in [0.25, 0.3) is 5.56 Å². The second-order valence-electron chi connectivity index (χ2n) is 7.16. The van der Waals surface area contributed by atoms with Crippen LogP contribution in [0.5, 0.6) is 5.75 Å². The molecule has 0 unspecified atom stereocenters. The van der Waals surface area contributed by atoms with E-state index in [0.717, 1.165) is 27.1 Å². The van der Waals surface area contributed by atoms with Crippen LogP contribution in [0.25, 0.3) is 32.5 Å². The highest BCUT2D eigenvalue weighted by Crippen LogP contribution is 2.38. The molecule has 32 heavy (non-hydrogen) atoms. The normalized spacial score (nSPS) is 10.7. The van der Waals surface area contributed by atoms with E-state index in [1.807, 2.05) is 72.1 Å². The van der Waals surface area contributed by atoms with Gasteiger partial charge in [-0.05, 0) is 52.9 Å². The Morgan fingerprint density at radius 3 is 2.69 bits per heavy atom. The molecule has 0 aliphatic rings. The Morgan fingerprint density at radius 1 is 1.03 bits per heavy atom. The fourth-order valence-electron chi connectivity index (χ4n) is 3.69. The summed E-state index contributed by atoms with van der Waals surface area (Å²) >= 11 is 1.48. The second-order valence-corrected chi connectivity index (χ2v) is 8.11. The van der Waals surface area contributed by atoms with Crippen LogP contribution in [-0.4, -0.2) is 9.97 Å². The first-order valence-corrected chi connectivity index (χ1v) is 10.9. The molecule has 5 nitrogen and oxygen atoms in total. The molecule has 0 aliphatic heterocycles. The minimum absolute atomic E-state index is 0.207. The molecule has 5 rings (SSSR count). The van der Waals surface area contributed by atoms with Crippen LogP contribution in [0.1, 0.15) is 11.3 Å². The lowest BCUT2D eigenvalue weighted by Gasteiger charge is -2.14. The van der Waals surface area contributed by atoms with Gasteiger partial charge >= 0.3 is 0 Å². The molecule has 0 bridgehead atoms. The van der Waals surface area contributed by atoms with Crippen molar-refractivity contribution in [3.05, 3.63) is 106 Å². The monoisotopic (exact) mass is 435 g/mol. The third kappa shape index (κ3) is 3.66. The Morgan fingerprint density at radius 2 is 1.91 bits per heavy atom. The van der Waals surface area contributed by atoms with Crippen LogP contribution in [0.15, 0.2) is 89.2 Å². The first-order valence-electron chi connectivity index (χ1n) is 10.0. The van der Waals surface area contributed by atoms with Crippen molar-refractivity contribution in [3.8, 4) is 33.4 Å². The Kier molecular flexibility index (Phi) is 5.24. The molecule has 2 aromatic carbocycles. The van der Waals surface area contributed by atoms with E-state index in [0.29, 0.717) is 22.4 Å². The fraction of sp³-hybridized carbons (Fsp3) is 0.0385. The highest BCUT2D eigenvalue weighted by Gasteiger charge is 2.18. The van der Waals surface area contributed by atoms with Gasteiger partial charge in [-0.3, -0.25) is 9.78 Å². The summed E-state index contributed by atoms with van der Waals surface area (Å²) in [6, 6.07) is 24.9. The molecule has 0 spiro atoms. The van der Waals surface area contributed by atoms with E-state index in [4.69, 9.17) is 4.74 Å². The first kappa shape index (κ1) is 19.7. The standard InChI is InChI=1S/C26H17N3O2S/c27-15-18-6-1-2-8-20(18)17-10-11-22-21(14-17)25(31-16-19-7-3-4-12-28-19)24(26(30)29-22)23-9-5-13-32-23/h1-14H,16H2,(H,29,30). The smallest absolute Gasteiger partial charge is 0.260 e. The maximum absolute atomic E-state index is 13.0. The molecule has 3 heterocycles. The lowest BCUT2D eigenvalue weighted by atomic mass is 9.98. The molecule has 0 saturated heterocycles. The number of thiophene rings is 1. The van der Waals surface area contributed by atoms with Gasteiger partial charge in [0.05, 0.1) is 28.4 Å². The number of nitriles is 1. The van der Waals surface area contributed by atoms with Crippen LogP contribution in [0.3, 0.4) is 0 Å². The zero-order chi connectivity index (χ0) is 21.9. The van der Waals surface area contributed by atoms with Gasteiger partial charge in [-0.25, -0.2) is 0 Å². The molecule has 1 N–H and O–H groups in total.